The maximum atomic E-state index is 13.0. The van der Waals surface area contributed by atoms with Crippen LogP contribution in [-0.4, -0.2) is 34.6 Å². The number of aromatic nitrogens is 1. The zero-order valence-electron chi connectivity index (χ0n) is 19.8. The molecule has 0 aliphatic carbocycles. The van der Waals surface area contributed by atoms with E-state index in [0.29, 0.717) is 24.4 Å². The lowest BCUT2D eigenvalue weighted by Crippen LogP contribution is -2.30. The number of hydrogen-bond donors (Lipinski definition) is 2. The molecule has 3 heterocycles. The van der Waals surface area contributed by atoms with Crippen molar-refractivity contribution < 1.29 is 19.1 Å². The van der Waals surface area contributed by atoms with E-state index in [1.807, 2.05) is 24.3 Å². The van der Waals surface area contributed by atoms with Gasteiger partial charge in [0.2, 0.25) is 11.2 Å². The van der Waals surface area contributed by atoms with E-state index >= 15 is 0 Å². The highest BCUT2D eigenvalue weighted by atomic mass is 16.5. The van der Waals surface area contributed by atoms with E-state index < -0.39 is 28.6 Å². The van der Waals surface area contributed by atoms with Crippen molar-refractivity contribution in [2.24, 2.45) is 0 Å². The molecule has 2 N–H and O–H groups in total. The standard InChI is InChI=1S/C28H26N2O6/c1-35-25(32)14-21(22-12-18-7-4-5-9-23(18)29-28(22)34)27-26(33)24(31)13-20(36-27)16-30-11-10-17-6-2-3-8-19(17)15-30/h2-9,12-13,21,33H,10-11,14-16H2,1H3,(H,29,34). The van der Waals surface area contributed by atoms with Crippen molar-refractivity contribution in [2.75, 3.05) is 13.7 Å². The molecule has 0 saturated heterocycles. The van der Waals surface area contributed by atoms with Crippen molar-refractivity contribution in [3.63, 3.8) is 0 Å². The largest absolute Gasteiger partial charge is 0.502 e. The molecule has 0 saturated carbocycles. The van der Waals surface area contributed by atoms with Crippen LogP contribution in [-0.2, 0) is 29.0 Å². The normalized spacial score (nSPS) is 14.4. The van der Waals surface area contributed by atoms with Gasteiger partial charge in [0.05, 0.1) is 26.0 Å². The lowest BCUT2D eigenvalue weighted by Gasteiger charge is -2.28. The Morgan fingerprint density at radius 3 is 2.67 bits per heavy atom. The summed E-state index contributed by atoms with van der Waals surface area (Å²) in [5.74, 6) is -2.02. The average Bonchev–Trinajstić information content (AvgIpc) is 2.89. The zero-order valence-corrected chi connectivity index (χ0v) is 19.8. The van der Waals surface area contributed by atoms with Gasteiger partial charge in [-0.05, 0) is 35.1 Å². The maximum absolute atomic E-state index is 13.0. The number of esters is 1. The highest BCUT2D eigenvalue weighted by Gasteiger charge is 2.29. The number of methoxy groups -OCH3 is 1. The Morgan fingerprint density at radius 1 is 1.11 bits per heavy atom. The van der Waals surface area contributed by atoms with E-state index in [1.54, 1.807) is 18.2 Å². The molecule has 36 heavy (non-hydrogen) atoms. The molecule has 5 rings (SSSR count). The van der Waals surface area contributed by atoms with E-state index in [2.05, 4.69) is 22.0 Å². The number of benzene rings is 2. The van der Waals surface area contributed by atoms with Crippen LogP contribution in [0.2, 0.25) is 0 Å². The molecule has 2 aromatic heterocycles. The molecule has 8 nitrogen and oxygen atoms in total. The average molecular weight is 487 g/mol. The number of nitrogens with zero attached hydrogens (tertiary/aromatic N) is 1. The lowest BCUT2D eigenvalue weighted by molar-refractivity contribution is -0.140. The van der Waals surface area contributed by atoms with E-state index in [1.165, 1.54) is 24.3 Å². The van der Waals surface area contributed by atoms with Gasteiger partial charge in [-0.25, -0.2) is 0 Å². The van der Waals surface area contributed by atoms with Crippen LogP contribution in [0.1, 0.15) is 40.5 Å². The first kappa shape index (κ1) is 23.6. The molecule has 1 atom stereocenters. The van der Waals surface area contributed by atoms with Crippen LogP contribution in [0.5, 0.6) is 5.75 Å². The Bertz CT molecular complexity index is 1550. The molecule has 2 aromatic carbocycles. The number of aromatic hydroxyl groups is 1. The minimum Gasteiger partial charge on any atom is -0.502 e. The van der Waals surface area contributed by atoms with Crippen LogP contribution >= 0.6 is 0 Å². The third kappa shape index (κ3) is 4.67. The molecule has 0 amide bonds. The summed E-state index contributed by atoms with van der Waals surface area (Å²) in [7, 11) is 1.24. The zero-order chi connectivity index (χ0) is 25.2. The van der Waals surface area contributed by atoms with Crippen LogP contribution < -0.4 is 11.0 Å². The monoisotopic (exact) mass is 486 g/mol. The second-order valence-electron chi connectivity index (χ2n) is 8.99. The van der Waals surface area contributed by atoms with Gasteiger partial charge < -0.3 is 19.2 Å². The summed E-state index contributed by atoms with van der Waals surface area (Å²) in [6.45, 7) is 1.83. The summed E-state index contributed by atoms with van der Waals surface area (Å²) < 4.78 is 10.9. The third-order valence-electron chi connectivity index (χ3n) is 6.66. The minimum absolute atomic E-state index is 0.124. The number of hydrogen-bond acceptors (Lipinski definition) is 7. The second kappa shape index (κ2) is 9.83. The van der Waals surface area contributed by atoms with Crippen LogP contribution in [0, 0.1) is 0 Å². The van der Waals surface area contributed by atoms with Gasteiger partial charge in [-0.3, -0.25) is 19.3 Å². The predicted molar refractivity (Wildman–Crippen MR) is 134 cm³/mol. The van der Waals surface area contributed by atoms with Crippen molar-refractivity contribution in [2.45, 2.75) is 31.8 Å². The smallest absolute Gasteiger partial charge is 0.306 e. The van der Waals surface area contributed by atoms with Gasteiger partial charge in [0.15, 0.2) is 5.76 Å². The van der Waals surface area contributed by atoms with E-state index in [-0.39, 0.29) is 17.7 Å². The molecule has 0 spiro atoms. The van der Waals surface area contributed by atoms with Gasteiger partial charge in [0.25, 0.3) is 5.56 Å². The van der Waals surface area contributed by atoms with Crippen molar-refractivity contribution in [3.8, 4) is 5.75 Å². The van der Waals surface area contributed by atoms with Gasteiger partial charge in [-0.15, -0.1) is 0 Å². The first-order valence-corrected chi connectivity index (χ1v) is 11.8. The summed E-state index contributed by atoms with van der Waals surface area (Å²) in [5, 5.41) is 11.4. The highest BCUT2D eigenvalue weighted by Crippen LogP contribution is 2.33. The number of pyridine rings is 1. The Balaban J connectivity index is 1.55. The molecule has 8 heteroatoms. The quantitative estimate of drug-likeness (QED) is 0.402. The maximum Gasteiger partial charge on any atom is 0.306 e. The number of fused-ring (bicyclic) bond motifs is 2. The van der Waals surface area contributed by atoms with Crippen LogP contribution in [0.3, 0.4) is 0 Å². The van der Waals surface area contributed by atoms with E-state index in [9.17, 15) is 19.5 Å². The van der Waals surface area contributed by atoms with Crippen molar-refractivity contribution in [1.29, 1.82) is 0 Å². The minimum atomic E-state index is -1.01. The Morgan fingerprint density at radius 2 is 1.86 bits per heavy atom. The Hall–Kier alpha value is -4.17. The van der Waals surface area contributed by atoms with Gasteiger partial charge in [0, 0.05) is 30.2 Å². The molecule has 4 aromatic rings. The number of ether oxygens (including phenoxy) is 1. The molecule has 1 aliphatic rings. The SMILES string of the molecule is COC(=O)CC(c1oc(CN2CCc3ccccc3C2)cc(=O)c1O)c1cc2ccccc2[nH]c1=O. The third-order valence-corrected chi connectivity index (χ3v) is 6.66. The number of carbonyl (C=O) groups is 1. The van der Waals surface area contributed by atoms with Gasteiger partial charge in [-0.1, -0.05) is 42.5 Å². The first-order chi connectivity index (χ1) is 17.4. The fourth-order valence-corrected chi connectivity index (χ4v) is 4.80. The van der Waals surface area contributed by atoms with Gasteiger partial charge >= 0.3 is 5.97 Å². The number of nitrogens with one attached hydrogen (secondary N) is 1. The van der Waals surface area contributed by atoms with Crippen molar-refractivity contribution in [3.05, 3.63) is 109 Å². The van der Waals surface area contributed by atoms with E-state index in [4.69, 9.17) is 9.15 Å². The van der Waals surface area contributed by atoms with Gasteiger partial charge in [-0.2, -0.15) is 0 Å². The van der Waals surface area contributed by atoms with Crippen LogP contribution in [0.15, 0.2) is 74.7 Å². The van der Waals surface area contributed by atoms with Gasteiger partial charge in [0.1, 0.15) is 5.76 Å². The summed E-state index contributed by atoms with van der Waals surface area (Å²) in [5.41, 5.74) is 2.28. The molecular weight excluding hydrogens is 460 g/mol. The highest BCUT2D eigenvalue weighted by molar-refractivity contribution is 5.79. The Kier molecular flexibility index (Phi) is 6.43. The summed E-state index contributed by atoms with van der Waals surface area (Å²) in [6.07, 6.45) is 0.595. The van der Waals surface area contributed by atoms with Crippen molar-refractivity contribution >= 4 is 16.9 Å². The number of carbonyl (C=O) groups excluding carboxylic acids is 1. The second-order valence-corrected chi connectivity index (χ2v) is 8.99. The van der Waals surface area contributed by atoms with Crippen LogP contribution in [0.4, 0.5) is 0 Å². The Labute approximate surface area is 206 Å². The molecule has 1 unspecified atom stereocenters. The first-order valence-electron chi connectivity index (χ1n) is 11.8. The summed E-state index contributed by atoms with van der Waals surface area (Å²) in [6, 6.07) is 18.4. The molecule has 0 radical (unpaired) electrons. The van der Waals surface area contributed by atoms with Crippen LogP contribution in [0.25, 0.3) is 10.9 Å². The number of rotatable bonds is 6. The van der Waals surface area contributed by atoms with Crippen molar-refractivity contribution in [1.82, 2.24) is 9.88 Å². The summed E-state index contributed by atoms with van der Waals surface area (Å²) >= 11 is 0. The predicted octanol–water partition coefficient (Wildman–Crippen LogP) is 3.44. The number of para-hydroxylation sites is 1. The number of aromatic amines is 1. The molecule has 0 bridgehead atoms. The lowest BCUT2D eigenvalue weighted by atomic mass is 9.92. The fraction of sp³-hybridized carbons (Fsp3) is 0.250. The molecule has 1 aliphatic heterocycles. The molecule has 0 fully saturated rings. The molecular formula is C28H26N2O6. The number of H-pyrrole nitrogens is 1. The molecule has 184 valence electrons. The fourth-order valence-electron chi connectivity index (χ4n) is 4.80. The van der Waals surface area contributed by atoms with E-state index in [0.717, 1.165) is 18.4 Å². The topological polar surface area (TPSA) is 113 Å². The summed E-state index contributed by atoms with van der Waals surface area (Å²) in [4.78, 5) is 43.0.